The lowest BCUT2D eigenvalue weighted by molar-refractivity contribution is 0.406. The first-order chi connectivity index (χ1) is 8.71. The summed E-state index contributed by atoms with van der Waals surface area (Å²) in [5.41, 5.74) is 1.29. The number of benzene rings is 1. The molecule has 1 aromatic rings. The summed E-state index contributed by atoms with van der Waals surface area (Å²) in [7, 11) is 1.74. The Bertz CT molecular complexity index is 354. The molecule has 0 radical (unpaired) electrons. The van der Waals surface area contributed by atoms with Crippen LogP contribution >= 0.6 is 15.9 Å². The summed E-state index contributed by atoms with van der Waals surface area (Å²) in [6, 6.07) is 6.86. The molecular formula is C15H24BrNO. The first kappa shape index (κ1) is 15.5. The highest BCUT2D eigenvalue weighted by molar-refractivity contribution is 9.10. The van der Waals surface area contributed by atoms with E-state index in [0.717, 1.165) is 23.2 Å². The van der Waals surface area contributed by atoms with E-state index >= 15 is 0 Å². The third-order valence-corrected chi connectivity index (χ3v) is 3.72. The van der Waals surface area contributed by atoms with Gasteiger partial charge in [-0.2, -0.15) is 0 Å². The Balaban J connectivity index is 2.49. The molecule has 1 N–H and O–H groups in total. The molecule has 0 aliphatic rings. The third-order valence-electron chi connectivity index (χ3n) is 3.23. The van der Waals surface area contributed by atoms with Crippen molar-refractivity contribution in [2.75, 3.05) is 13.7 Å². The fourth-order valence-corrected chi connectivity index (χ4v) is 2.63. The van der Waals surface area contributed by atoms with Crippen LogP contribution in [0.2, 0.25) is 0 Å². The fourth-order valence-electron chi connectivity index (χ4n) is 2.22. The molecule has 0 spiro atoms. The van der Waals surface area contributed by atoms with Gasteiger partial charge in [-0.25, -0.2) is 0 Å². The number of halogens is 1. The second kappa shape index (κ2) is 8.54. The smallest absolute Gasteiger partial charge is 0.122 e. The first-order valence-corrected chi connectivity index (χ1v) is 7.56. The van der Waals surface area contributed by atoms with Crippen LogP contribution in [-0.2, 0) is 6.42 Å². The van der Waals surface area contributed by atoms with E-state index in [1.54, 1.807) is 7.11 Å². The molecule has 0 saturated heterocycles. The van der Waals surface area contributed by atoms with Gasteiger partial charge in [0.1, 0.15) is 5.75 Å². The third kappa shape index (κ3) is 4.99. The Hall–Kier alpha value is -0.540. The average Bonchev–Trinajstić information content (AvgIpc) is 2.38. The molecular weight excluding hydrogens is 290 g/mol. The van der Waals surface area contributed by atoms with Crippen molar-refractivity contribution in [3.05, 3.63) is 28.2 Å². The largest absolute Gasteiger partial charge is 0.496 e. The molecule has 0 aliphatic carbocycles. The fraction of sp³-hybridized carbons (Fsp3) is 0.600. The number of ether oxygens (including phenoxy) is 1. The van der Waals surface area contributed by atoms with Gasteiger partial charge in [0.05, 0.1) is 7.11 Å². The predicted octanol–water partition coefficient (Wildman–Crippen LogP) is 4.17. The molecule has 0 aliphatic heterocycles. The molecule has 18 heavy (non-hydrogen) atoms. The molecule has 0 fully saturated rings. The minimum atomic E-state index is 0.646. The Morgan fingerprint density at radius 3 is 2.72 bits per heavy atom. The summed E-state index contributed by atoms with van der Waals surface area (Å²) >= 11 is 3.52. The highest BCUT2D eigenvalue weighted by Crippen LogP contribution is 2.24. The van der Waals surface area contributed by atoms with Gasteiger partial charge in [-0.3, -0.25) is 0 Å². The molecule has 1 aromatic carbocycles. The van der Waals surface area contributed by atoms with E-state index in [1.807, 2.05) is 12.1 Å². The van der Waals surface area contributed by atoms with Crippen molar-refractivity contribution in [2.45, 2.75) is 45.6 Å². The van der Waals surface area contributed by atoms with Gasteiger partial charge in [0.15, 0.2) is 0 Å². The van der Waals surface area contributed by atoms with Crippen LogP contribution in [0.15, 0.2) is 22.7 Å². The van der Waals surface area contributed by atoms with Crippen LogP contribution < -0.4 is 10.1 Å². The lowest BCUT2D eigenvalue weighted by atomic mass is 10.0. The number of methoxy groups -OCH3 is 1. The maximum atomic E-state index is 5.40. The van der Waals surface area contributed by atoms with Crippen LogP contribution in [0.5, 0.6) is 5.75 Å². The van der Waals surface area contributed by atoms with E-state index in [0.29, 0.717) is 6.04 Å². The number of rotatable bonds is 8. The summed E-state index contributed by atoms with van der Waals surface area (Å²) in [5.74, 6) is 0.995. The molecule has 0 bridgehead atoms. The van der Waals surface area contributed by atoms with Gasteiger partial charge in [0, 0.05) is 10.5 Å². The standard InChI is InChI=1S/C15H24BrNO/c1-4-14(17-5-2)8-6-7-12-11-13(16)9-10-15(12)18-3/h9-11,14,17H,4-8H2,1-3H3. The maximum Gasteiger partial charge on any atom is 0.122 e. The van der Waals surface area contributed by atoms with Crippen molar-refractivity contribution in [3.8, 4) is 5.75 Å². The van der Waals surface area contributed by atoms with Gasteiger partial charge < -0.3 is 10.1 Å². The van der Waals surface area contributed by atoms with Crippen LogP contribution in [-0.4, -0.2) is 19.7 Å². The van der Waals surface area contributed by atoms with Crippen molar-refractivity contribution in [2.24, 2.45) is 0 Å². The molecule has 1 unspecified atom stereocenters. The monoisotopic (exact) mass is 313 g/mol. The Labute approximate surface area is 119 Å². The molecule has 0 saturated carbocycles. The predicted molar refractivity (Wildman–Crippen MR) is 81.4 cm³/mol. The molecule has 0 aromatic heterocycles. The van der Waals surface area contributed by atoms with E-state index < -0.39 is 0 Å². The molecule has 102 valence electrons. The maximum absolute atomic E-state index is 5.40. The van der Waals surface area contributed by atoms with Gasteiger partial charge in [-0.1, -0.05) is 29.8 Å². The highest BCUT2D eigenvalue weighted by Gasteiger charge is 2.07. The van der Waals surface area contributed by atoms with Crippen molar-refractivity contribution in [1.29, 1.82) is 0 Å². The lowest BCUT2D eigenvalue weighted by Gasteiger charge is -2.16. The van der Waals surface area contributed by atoms with Crippen molar-refractivity contribution < 1.29 is 4.74 Å². The number of nitrogens with one attached hydrogen (secondary N) is 1. The minimum Gasteiger partial charge on any atom is -0.496 e. The van der Waals surface area contributed by atoms with Crippen molar-refractivity contribution in [1.82, 2.24) is 5.32 Å². The number of hydrogen-bond acceptors (Lipinski definition) is 2. The van der Waals surface area contributed by atoms with Gasteiger partial charge >= 0.3 is 0 Å². The topological polar surface area (TPSA) is 21.3 Å². The second-order valence-electron chi connectivity index (χ2n) is 4.51. The summed E-state index contributed by atoms with van der Waals surface area (Å²) in [4.78, 5) is 0. The Kier molecular flexibility index (Phi) is 7.36. The van der Waals surface area contributed by atoms with Gasteiger partial charge in [-0.05, 0) is 56.0 Å². The number of aryl methyl sites for hydroxylation is 1. The molecule has 1 atom stereocenters. The minimum absolute atomic E-state index is 0.646. The summed E-state index contributed by atoms with van der Waals surface area (Å²) in [6.07, 6.45) is 4.69. The SMILES string of the molecule is CCNC(CC)CCCc1cc(Br)ccc1OC. The summed E-state index contributed by atoms with van der Waals surface area (Å²) in [5, 5.41) is 3.52. The van der Waals surface area contributed by atoms with Crippen LogP contribution in [0.1, 0.15) is 38.7 Å². The van der Waals surface area contributed by atoms with Crippen LogP contribution in [0.3, 0.4) is 0 Å². The van der Waals surface area contributed by atoms with Crippen molar-refractivity contribution >= 4 is 15.9 Å². The molecule has 1 rings (SSSR count). The van der Waals surface area contributed by atoms with Crippen LogP contribution in [0.25, 0.3) is 0 Å². The average molecular weight is 314 g/mol. The Morgan fingerprint density at radius 2 is 2.11 bits per heavy atom. The normalized spacial score (nSPS) is 12.4. The van der Waals surface area contributed by atoms with Crippen molar-refractivity contribution in [3.63, 3.8) is 0 Å². The van der Waals surface area contributed by atoms with E-state index in [1.165, 1.54) is 24.8 Å². The lowest BCUT2D eigenvalue weighted by Crippen LogP contribution is -2.28. The Morgan fingerprint density at radius 1 is 1.33 bits per heavy atom. The molecule has 0 amide bonds. The zero-order chi connectivity index (χ0) is 13.4. The first-order valence-electron chi connectivity index (χ1n) is 6.77. The quantitative estimate of drug-likeness (QED) is 0.777. The summed E-state index contributed by atoms with van der Waals surface area (Å²) < 4.78 is 6.52. The van der Waals surface area contributed by atoms with Gasteiger partial charge in [-0.15, -0.1) is 0 Å². The molecule has 2 nitrogen and oxygen atoms in total. The van der Waals surface area contributed by atoms with E-state index in [-0.39, 0.29) is 0 Å². The zero-order valence-corrected chi connectivity index (χ0v) is 13.2. The van der Waals surface area contributed by atoms with E-state index in [2.05, 4.69) is 41.2 Å². The highest BCUT2D eigenvalue weighted by atomic mass is 79.9. The van der Waals surface area contributed by atoms with Crippen LogP contribution in [0, 0.1) is 0 Å². The second-order valence-corrected chi connectivity index (χ2v) is 5.43. The van der Waals surface area contributed by atoms with E-state index in [9.17, 15) is 0 Å². The van der Waals surface area contributed by atoms with Gasteiger partial charge in [0.25, 0.3) is 0 Å². The molecule has 0 heterocycles. The van der Waals surface area contributed by atoms with Crippen LogP contribution in [0.4, 0.5) is 0 Å². The van der Waals surface area contributed by atoms with Gasteiger partial charge in [0.2, 0.25) is 0 Å². The molecule has 3 heteroatoms. The summed E-state index contributed by atoms with van der Waals surface area (Å²) in [6.45, 7) is 5.46. The zero-order valence-electron chi connectivity index (χ0n) is 11.6. The number of hydrogen-bond donors (Lipinski definition) is 1. The van der Waals surface area contributed by atoms with E-state index in [4.69, 9.17) is 4.74 Å².